The standard InChI is InChI=1S/C21H20Cl2N4O2/c1-13(25-21(29)17-4-3-5-18(22)19(17)23)20(28)26-16-8-6-15(7-9-16)12-27-11-10-24-14(27)2/h3-11,13H,12H2,1-2H3,(H,25,29)(H,26,28). The molecule has 6 nitrogen and oxygen atoms in total. The summed E-state index contributed by atoms with van der Waals surface area (Å²) in [5.74, 6) is 0.132. The summed E-state index contributed by atoms with van der Waals surface area (Å²) in [4.78, 5) is 29.0. The Balaban J connectivity index is 1.58. The van der Waals surface area contributed by atoms with Gasteiger partial charge in [-0.15, -0.1) is 0 Å². The molecule has 0 saturated carbocycles. The molecular formula is C21H20Cl2N4O2. The predicted molar refractivity (Wildman–Crippen MR) is 115 cm³/mol. The minimum Gasteiger partial charge on any atom is -0.340 e. The highest BCUT2D eigenvalue weighted by Crippen LogP contribution is 2.25. The highest BCUT2D eigenvalue weighted by atomic mass is 35.5. The number of imidazole rings is 1. The van der Waals surface area contributed by atoms with Gasteiger partial charge in [-0.2, -0.15) is 0 Å². The van der Waals surface area contributed by atoms with E-state index in [1.54, 1.807) is 31.3 Å². The van der Waals surface area contributed by atoms with E-state index in [1.807, 2.05) is 42.0 Å². The van der Waals surface area contributed by atoms with Crippen molar-refractivity contribution < 1.29 is 9.59 Å². The van der Waals surface area contributed by atoms with E-state index in [0.29, 0.717) is 12.2 Å². The van der Waals surface area contributed by atoms with Crippen LogP contribution in [-0.2, 0) is 11.3 Å². The summed E-state index contributed by atoms with van der Waals surface area (Å²) in [6.07, 6.45) is 3.68. The first-order valence-electron chi connectivity index (χ1n) is 8.97. The lowest BCUT2D eigenvalue weighted by atomic mass is 10.1. The normalized spacial score (nSPS) is 11.7. The largest absolute Gasteiger partial charge is 0.340 e. The predicted octanol–water partition coefficient (Wildman–Crippen LogP) is 4.30. The number of aromatic nitrogens is 2. The molecular weight excluding hydrogens is 411 g/mol. The number of carbonyl (C=O) groups is 2. The zero-order valence-corrected chi connectivity index (χ0v) is 17.5. The monoisotopic (exact) mass is 430 g/mol. The van der Waals surface area contributed by atoms with Gasteiger partial charge in [0.25, 0.3) is 5.91 Å². The quantitative estimate of drug-likeness (QED) is 0.611. The SMILES string of the molecule is Cc1nccn1Cc1ccc(NC(=O)C(C)NC(=O)c2cccc(Cl)c2Cl)cc1. The zero-order chi connectivity index (χ0) is 21.0. The maximum atomic E-state index is 12.4. The van der Waals surface area contributed by atoms with E-state index in [9.17, 15) is 9.59 Å². The number of aryl methyl sites for hydroxylation is 1. The Hall–Kier alpha value is -2.83. The molecule has 3 aromatic rings. The number of anilines is 1. The Labute approximate surface area is 178 Å². The Kier molecular flexibility index (Phi) is 6.56. The fraction of sp³-hybridized carbons (Fsp3) is 0.190. The van der Waals surface area contributed by atoms with Crippen LogP contribution >= 0.6 is 23.2 Å². The van der Waals surface area contributed by atoms with Gasteiger partial charge < -0.3 is 15.2 Å². The second-order valence-electron chi connectivity index (χ2n) is 6.59. The molecule has 0 aliphatic rings. The van der Waals surface area contributed by atoms with Crippen molar-refractivity contribution in [1.29, 1.82) is 0 Å². The molecule has 0 spiro atoms. The van der Waals surface area contributed by atoms with Crippen molar-refractivity contribution in [2.24, 2.45) is 0 Å². The van der Waals surface area contributed by atoms with Crippen LogP contribution in [-0.4, -0.2) is 27.4 Å². The van der Waals surface area contributed by atoms with E-state index in [0.717, 1.165) is 11.4 Å². The number of benzene rings is 2. The topological polar surface area (TPSA) is 76.0 Å². The summed E-state index contributed by atoms with van der Waals surface area (Å²) in [7, 11) is 0. The zero-order valence-electron chi connectivity index (χ0n) is 15.9. The van der Waals surface area contributed by atoms with Crippen LogP contribution in [0.2, 0.25) is 10.0 Å². The number of nitrogens with zero attached hydrogens (tertiary/aromatic N) is 2. The van der Waals surface area contributed by atoms with Gasteiger partial charge in [-0.05, 0) is 43.7 Å². The molecule has 29 heavy (non-hydrogen) atoms. The van der Waals surface area contributed by atoms with Gasteiger partial charge in [-0.3, -0.25) is 9.59 Å². The van der Waals surface area contributed by atoms with Crippen molar-refractivity contribution in [2.45, 2.75) is 26.4 Å². The molecule has 3 rings (SSSR count). The fourth-order valence-electron chi connectivity index (χ4n) is 2.73. The van der Waals surface area contributed by atoms with Crippen LogP contribution in [0.3, 0.4) is 0 Å². The van der Waals surface area contributed by atoms with Crippen molar-refractivity contribution in [3.63, 3.8) is 0 Å². The number of carbonyl (C=O) groups excluding carboxylic acids is 2. The lowest BCUT2D eigenvalue weighted by Crippen LogP contribution is -2.41. The maximum Gasteiger partial charge on any atom is 0.253 e. The minimum absolute atomic E-state index is 0.156. The molecule has 1 unspecified atom stereocenters. The molecule has 1 atom stereocenters. The summed E-state index contributed by atoms with van der Waals surface area (Å²) in [5.41, 5.74) is 1.95. The van der Waals surface area contributed by atoms with E-state index in [2.05, 4.69) is 15.6 Å². The first-order valence-corrected chi connectivity index (χ1v) is 9.73. The average molecular weight is 431 g/mol. The lowest BCUT2D eigenvalue weighted by molar-refractivity contribution is -0.117. The first-order chi connectivity index (χ1) is 13.8. The van der Waals surface area contributed by atoms with Gasteiger partial charge in [-0.1, -0.05) is 41.4 Å². The van der Waals surface area contributed by atoms with E-state index >= 15 is 0 Å². The van der Waals surface area contributed by atoms with Crippen molar-refractivity contribution in [3.05, 3.63) is 81.9 Å². The van der Waals surface area contributed by atoms with Crippen molar-refractivity contribution in [1.82, 2.24) is 14.9 Å². The van der Waals surface area contributed by atoms with E-state index in [-0.39, 0.29) is 21.5 Å². The lowest BCUT2D eigenvalue weighted by Gasteiger charge is -2.15. The fourth-order valence-corrected chi connectivity index (χ4v) is 3.12. The van der Waals surface area contributed by atoms with Crippen LogP contribution in [0.5, 0.6) is 0 Å². The van der Waals surface area contributed by atoms with Crippen molar-refractivity contribution >= 4 is 40.7 Å². The number of halogens is 2. The minimum atomic E-state index is -0.758. The van der Waals surface area contributed by atoms with Gasteiger partial charge in [0.05, 0.1) is 15.6 Å². The molecule has 2 amide bonds. The summed E-state index contributed by atoms with van der Waals surface area (Å²) in [5, 5.41) is 5.85. The Morgan fingerprint density at radius 2 is 1.86 bits per heavy atom. The summed E-state index contributed by atoms with van der Waals surface area (Å²) >= 11 is 12.0. The molecule has 2 aromatic carbocycles. The Morgan fingerprint density at radius 1 is 1.14 bits per heavy atom. The molecule has 1 aromatic heterocycles. The summed E-state index contributed by atoms with van der Waals surface area (Å²) in [6, 6.07) is 11.5. The molecule has 0 fully saturated rings. The van der Waals surface area contributed by atoms with Crippen LogP contribution in [0.4, 0.5) is 5.69 Å². The van der Waals surface area contributed by atoms with Crippen LogP contribution < -0.4 is 10.6 Å². The van der Waals surface area contributed by atoms with Crippen LogP contribution in [0.25, 0.3) is 0 Å². The van der Waals surface area contributed by atoms with Crippen molar-refractivity contribution in [3.8, 4) is 0 Å². The van der Waals surface area contributed by atoms with Gasteiger partial charge in [0.2, 0.25) is 5.91 Å². The molecule has 0 bridgehead atoms. The van der Waals surface area contributed by atoms with E-state index in [4.69, 9.17) is 23.2 Å². The number of hydrogen-bond acceptors (Lipinski definition) is 3. The van der Waals surface area contributed by atoms with Crippen molar-refractivity contribution in [2.75, 3.05) is 5.32 Å². The molecule has 0 saturated heterocycles. The van der Waals surface area contributed by atoms with Crippen LogP contribution in [0.15, 0.2) is 54.9 Å². The number of amides is 2. The highest BCUT2D eigenvalue weighted by molar-refractivity contribution is 6.43. The van der Waals surface area contributed by atoms with Gasteiger partial charge in [0.1, 0.15) is 11.9 Å². The van der Waals surface area contributed by atoms with E-state index < -0.39 is 11.9 Å². The van der Waals surface area contributed by atoms with Gasteiger partial charge in [-0.25, -0.2) is 4.98 Å². The number of rotatable bonds is 6. The molecule has 2 N–H and O–H groups in total. The maximum absolute atomic E-state index is 12.4. The number of hydrogen-bond donors (Lipinski definition) is 2. The van der Waals surface area contributed by atoms with Gasteiger partial charge >= 0.3 is 0 Å². The number of nitrogens with one attached hydrogen (secondary N) is 2. The van der Waals surface area contributed by atoms with Crippen LogP contribution in [0.1, 0.15) is 28.7 Å². The summed E-state index contributed by atoms with van der Waals surface area (Å²) < 4.78 is 2.03. The molecule has 0 aliphatic carbocycles. The van der Waals surface area contributed by atoms with Gasteiger partial charge in [0, 0.05) is 24.6 Å². The van der Waals surface area contributed by atoms with Gasteiger partial charge in [0.15, 0.2) is 0 Å². The highest BCUT2D eigenvalue weighted by Gasteiger charge is 2.19. The third kappa shape index (κ3) is 5.16. The average Bonchev–Trinajstić information content (AvgIpc) is 3.09. The first kappa shape index (κ1) is 20.9. The molecule has 8 heteroatoms. The summed E-state index contributed by atoms with van der Waals surface area (Å²) in [6.45, 7) is 4.25. The Bertz CT molecular complexity index is 1030. The second kappa shape index (κ2) is 9.11. The third-order valence-electron chi connectivity index (χ3n) is 4.44. The third-order valence-corrected chi connectivity index (χ3v) is 5.25. The molecule has 0 radical (unpaired) electrons. The Morgan fingerprint density at radius 3 is 2.52 bits per heavy atom. The molecule has 150 valence electrons. The smallest absolute Gasteiger partial charge is 0.253 e. The molecule has 0 aliphatic heterocycles. The van der Waals surface area contributed by atoms with E-state index in [1.165, 1.54) is 0 Å². The van der Waals surface area contributed by atoms with Crippen LogP contribution in [0, 0.1) is 6.92 Å². The molecule has 1 heterocycles. The second-order valence-corrected chi connectivity index (χ2v) is 7.37.